The number of benzene rings is 3. The van der Waals surface area contributed by atoms with Crippen molar-refractivity contribution in [2.24, 2.45) is 0 Å². The van der Waals surface area contributed by atoms with E-state index in [1.54, 1.807) is 0 Å². The van der Waals surface area contributed by atoms with Gasteiger partial charge in [0, 0.05) is 18.1 Å². The summed E-state index contributed by atoms with van der Waals surface area (Å²) in [5, 5.41) is 8.96. The number of hydrogen-bond donors (Lipinski definition) is 1. The van der Waals surface area contributed by atoms with Crippen molar-refractivity contribution in [3.05, 3.63) is 93.9 Å². The SMILES string of the molecule is C=C1[C@@H](c2cc(C(F)(F)F)cc(C(F)(F)F)c2)OC(=O)N1Cc1cc(F)ccc1-c1cc(OCCCC(=O)O)c(Cl)cc1OC. The molecule has 1 atom stereocenters. The minimum Gasteiger partial charge on any atom is -0.496 e. The quantitative estimate of drug-likeness (QED) is 0.173. The minimum atomic E-state index is -5.13. The van der Waals surface area contributed by atoms with Crippen molar-refractivity contribution in [2.75, 3.05) is 13.7 Å². The number of alkyl halides is 6. The number of cyclic esters (lactones) is 1. The highest BCUT2D eigenvalue weighted by Crippen LogP contribution is 2.44. The number of carbonyl (C=O) groups is 2. The lowest BCUT2D eigenvalue weighted by atomic mass is 9.97. The van der Waals surface area contributed by atoms with Crippen molar-refractivity contribution in [1.29, 1.82) is 0 Å². The molecule has 0 unspecified atom stereocenters. The molecule has 1 aliphatic rings. The number of aliphatic carboxylic acids is 1. The third-order valence-electron chi connectivity index (χ3n) is 6.73. The molecule has 15 heteroatoms. The Kier molecular flexibility index (Phi) is 9.57. The second kappa shape index (κ2) is 12.9. The van der Waals surface area contributed by atoms with Crippen molar-refractivity contribution < 1.29 is 59.6 Å². The maximum atomic E-state index is 14.5. The molecule has 1 aliphatic heterocycles. The van der Waals surface area contributed by atoms with Crippen molar-refractivity contribution in [1.82, 2.24) is 4.90 Å². The van der Waals surface area contributed by atoms with Gasteiger partial charge in [-0.1, -0.05) is 24.2 Å². The van der Waals surface area contributed by atoms with Crippen LogP contribution in [0.25, 0.3) is 11.1 Å². The number of nitrogens with zero attached hydrogens (tertiary/aromatic N) is 1. The standard InChI is InChI=1S/C30H23ClF7NO6/c1-15-27(16-8-18(29(33,34)35)11-19(9-16)30(36,37)38)45-28(42)39(15)14-17-10-20(32)5-6-21(17)22-12-25(23(31)13-24(22)43-2)44-7-3-4-26(40)41/h5-6,8-13,27H,1,3-4,7,14H2,2H3,(H,40,41)/t27-/m0/s1. The number of methoxy groups -OCH3 is 1. The molecule has 0 radical (unpaired) electrons. The van der Waals surface area contributed by atoms with Gasteiger partial charge in [0.1, 0.15) is 17.3 Å². The van der Waals surface area contributed by atoms with Gasteiger partial charge < -0.3 is 19.3 Å². The van der Waals surface area contributed by atoms with E-state index in [1.165, 1.54) is 25.3 Å². The van der Waals surface area contributed by atoms with E-state index >= 15 is 0 Å². The average molecular weight is 662 g/mol. The van der Waals surface area contributed by atoms with Gasteiger partial charge in [-0.2, -0.15) is 26.3 Å². The van der Waals surface area contributed by atoms with Crippen LogP contribution in [0, 0.1) is 5.82 Å². The van der Waals surface area contributed by atoms with E-state index in [1.807, 2.05) is 0 Å². The molecule has 0 spiro atoms. The summed E-state index contributed by atoms with van der Waals surface area (Å²) in [6.07, 6.45) is -13.1. The first-order valence-corrected chi connectivity index (χ1v) is 13.3. The molecule has 0 aliphatic carbocycles. The van der Waals surface area contributed by atoms with E-state index < -0.39 is 59.6 Å². The number of carboxylic acid groups (broad SMARTS) is 1. The van der Waals surface area contributed by atoms with E-state index in [2.05, 4.69) is 6.58 Å². The van der Waals surface area contributed by atoms with Gasteiger partial charge in [-0.05, 0) is 59.5 Å². The van der Waals surface area contributed by atoms with Crippen LogP contribution in [0.5, 0.6) is 11.5 Å². The van der Waals surface area contributed by atoms with Crippen molar-refractivity contribution in [3.63, 3.8) is 0 Å². The lowest BCUT2D eigenvalue weighted by Gasteiger charge is -2.20. The van der Waals surface area contributed by atoms with Gasteiger partial charge in [-0.25, -0.2) is 9.18 Å². The van der Waals surface area contributed by atoms with Gasteiger partial charge in [0.25, 0.3) is 0 Å². The zero-order valence-electron chi connectivity index (χ0n) is 23.2. The number of hydrogen-bond acceptors (Lipinski definition) is 5. The summed E-state index contributed by atoms with van der Waals surface area (Å²) >= 11 is 6.30. The summed E-state index contributed by atoms with van der Waals surface area (Å²) in [7, 11) is 1.33. The highest BCUT2D eigenvalue weighted by molar-refractivity contribution is 6.32. The van der Waals surface area contributed by atoms with Gasteiger partial charge in [-0.15, -0.1) is 0 Å². The summed E-state index contributed by atoms with van der Waals surface area (Å²) < 4.78 is 111. The molecule has 240 valence electrons. The van der Waals surface area contributed by atoms with Crippen molar-refractivity contribution in [2.45, 2.75) is 37.8 Å². The molecule has 3 aromatic rings. The molecular weight excluding hydrogens is 639 g/mol. The van der Waals surface area contributed by atoms with Gasteiger partial charge >= 0.3 is 24.4 Å². The van der Waals surface area contributed by atoms with Crippen LogP contribution in [0.15, 0.2) is 60.8 Å². The normalized spacial score (nSPS) is 15.3. The van der Waals surface area contributed by atoms with Crippen LogP contribution < -0.4 is 9.47 Å². The smallest absolute Gasteiger partial charge is 0.416 e. The molecule has 1 fully saturated rings. The first-order chi connectivity index (χ1) is 21.0. The molecule has 3 aromatic carbocycles. The Morgan fingerprint density at radius 1 is 1.00 bits per heavy atom. The number of amides is 1. The second-order valence-corrected chi connectivity index (χ2v) is 10.2. The van der Waals surface area contributed by atoms with Crippen LogP contribution in [0.2, 0.25) is 5.02 Å². The molecule has 1 N–H and O–H groups in total. The zero-order valence-corrected chi connectivity index (χ0v) is 23.9. The lowest BCUT2D eigenvalue weighted by Crippen LogP contribution is -2.22. The number of carbonyl (C=O) groups excluding carboxylic acids is 1. The Hall–Kier alpha value is -4.46. The number of rotatable bonds is 10. The summed E-state index contributed by atoms with van der Waals surface area (Å²) in [5.74, 6) is -1.40. The summed E-state index contributed by atoms with van der Waals surface area (Å²) in [5.41, 5.74) is -3.35. The largest absolute Gasteiger partial charge is 0.496 e. The Morgan fingerprint density at radius 2 is 1.64 bits per heavy atom. The van der Waals surface area contributed by atoms with Crippen LogP contribution in [0.1, 0.15) is 41.2 Å². The minimum absolute atomic E-state index is 0.000483. The molecule has 0 bridgehead atoms. The van der Waals surface area contributed by atoms with E-state index in [4.69, 9.17) is 30.9 Å². The molecule has 1 heterocycles. The topological polar surface area (TPSA) is 85.3 Å². The van der Waals surface area contributed by atoms with E-state index in [-0.39, 0.29) is 53.3 Å². The van der Waals surface area contributed by atoms with Gasteiger partial charge in [0.15, 0.2) is 6.10 Å². The molecule has 0 saturated carbocycles. The molecule has 7 nitrogen and oxygen atoms in total. The van der Waals surface area contributed by atoms with Crippen LogP contribution in [-0.2, 0) is 28.4 Å². The second-order valence-electron chi connectivity index (χ2n) is 9.81. The molecule has 4 rings (SSSR count). The fraction of sp³-hybridized carbons (Fsp3) is 0.267. The summed E-state index contributed by atoms with van der Waals surface area (Å²) in [6, 6.07) is 7.22. The van der Waals surface area contributed by atoms with Crippen molar-refractivity contribution >= 4 is 23.7 Å². The number of halogens is 8. The molecule has 45 heavy (non-hydrogen) atoms. The van der Waals surface area contributed by atoms with Crippen LogP contribution in [-0.4, -0.2) is 35.8 Å². The number of carboxylic acids is 1. The Bertz CT molecular complexity index is 1610. The maximum Gasteiger partial charge on any atom is 0.416 e. The summed E-state index contributed by atoms with van der Waals surface area (Å²) in [6.45, 7) is 3.23. The third-order valence-corrected chi connectivity index (χ3v) is 7.03. The molecular formula is C30H23ClF7NO6. The van der Waals surface area contributed by atoms with E-state index in [0.717, 1.165) is 17.0 Å². The monoisotopic (exact) mass is 661 g/mol. The first kappa shape index (κ1) is 33.4. The van der Waals surface area contributed by atoms with Gasteiger partial charge in [0.2, 0.25) is 0 Å². The predicted octanol–water partition coefficient (Wildman–Crippen LogP) is 8.64. The highest BCUT2D eigenvalue weighted by atomic mass is 35.5. The van der Waals surface area contributed by atoms with Crippen LogP contribution >= 0.6 is 11.6 Å². The maximum absolute atomic E-state index is 14.5. The Balaban J connectivity index is 1.69. The average Bonchev–Trinajstić information content (AvgIpc) is 3.23. The molecule has 1 amide bonds. The Labute approximate surface area is 256 Å². The lowest BCUT2D eigenvalue weighted by molar-refractivity contribution is -0.143. The number of ether oxygens (including phenoxy) is 3. The predicted molar refractivity (Wildman–Crippen MR) is 146 cm³/mol. The third kappa shape index (κ3) is 7.62. The van der Waals surface area contributed by atoms with Gasteiger partial charge in [0.05, 0.1) is 42.1 Å². The highest BCUT2D eigenvalue weighted by Gasteiger charge is 2.42. The van der Waals surface area contributed by atoms with Crippen LogP contribution in [0.4, 0.5) is 35.5 Å². The van der Waals surface area contributed by atoms with E-state index in [0.29, 0.717) is 23.3 Å². The van der Waals surface area contributed by atoms with Crippen molar-refractivity contribution in [3.8, 4) is 22.6 Å². The summed E-state index contributed by atoms with van der Waals surface area (Å²) in [4.78, 5) is 24.6. The Morgan fingerprint density at radius 3 is 2.22 bits per heavy atom. The zero-order chi connectivity index (χ0) is 33.3. The van der Waals surface area contributed by atoms with E-state index in [9.17, 15) is 40.3 Å². The molecule has 1 saturated heterocycles. The fourth-order valence-electron chi connectivity index (χ4n) is 4.60. The van der Waals surface area contributed by atoms with Gasteiger partial charge in [-0.3, -0.25) is 9.69 Å². The molecule has 0 aromatic heterocycles. The first-order valence-electron chi connectivity index (χ1n) is 13.0. The fourth-order valence-corrected chi connectivity index (χ4v) is 4.81. The van der Waals surface area contributed by atoms with Crippen LogP contribution in [0.3, 0.4) is 0 Å².